The third-order valence-corrected chi connectivity index (χ3v) is 4.87. The van der Waals surface area contributed by atoms with Crippen molar-refractivity contribution in [3.8, 4) is 5.88 Å². The highest BCUT2D eigenvalue weighted by Gasteiger charge is 2.30. The van der Waals surface area contributed by atoms with Crippen molar-refractivity contribution in [1.29, 1.82) is 0 Å². The molecule has 164 valence electrons. The van der Waals surface area contributed by atoms with Gasteiger partial charge in [-0.3, -0.25) is 9.89 Å². The number of pyridine rings is 1. The molecule has 0 saturated carbocycles. The number of nitrogens with one attached hydrogen (secondary N) is 1. The van der Waals surface area contributed by atoms with E-state index in [-0.39, 0.29) is 29.9 Å². The van der Waals surface area contributed by atoms with E-state index in [1.807, 2.05) is 0 Å². The molecule has 0 aromatic carbocycles. The predicted octanol–water partition coefficient (Wildman–Crippen LogP) is 2.12. The normalized spacial score (nSPS) is 21.0. The maximum atomic E-state index is 12.2. The minimum atomic E-state index is -4.37. The van der Waals surface area contributed by atoms with Crippen molar-refractivity contribution in [3.05, 3.63) is 23.9 Å². The number of nitrogens with zero attached hydrogens (tertiary/aromatic N) is 4. The van der Waals surface area contributed by atoms with Crippen molar-refractivity contribution in [2.75, 3.05) is 53.0 Å². The van der Waals surface area contributed by atoms with E-state index in [0.29, 0.717) is 12.6 Å². The Morgan fingerprint density at radius 3 is 2.69 bits per heavy atom. The van der Waals surface area contributed by atoms with Crippen molar-refractivity contribution in [3.63, 3.8) is 0 Å². The first-order valence-corrected chi connectivity index (χ1v) is 9.36. The van der Waals surface area contributed by atoms with Gasteiger partial charge in [0.25, 0.3) is 0 Å². The van der Waals surface area contributed by atoms with Crippen molar-refractivity contribution in [2.45, 2.75) is 25.2 Å². The van der Waals surface area contributed by atoms with Crippen LogP contribution in [0, 0.1) is 0 Å². The molecule has 0 aliphatic carbocycles. The summed E-state index contributed by atoms with van der Waals surface area (Å²) in [5.41, 5.74) is 0.837. The lowest BCUT2D eigenvalue weighted by molar-refractivity contribution is -0.154. The predicted molar refractivity (Wildman–Crippen MR) is 114 cm³/mol. The molecule has 7 nitrogen and oxygen atoms in total. The van der Waals surface area contributed by atoms with Crippen LogP contribution in [0.4, 0.5) is 13.2 Å². The number of rotatable bonds is 5. The molecule has 0 radical (unpaired) electrons. The lowest BCUT2D eigenvalue weighted by Gasteiger charge is -2.32. The maximum Gasteiger partial charge on any atom is 0.422 e. The van der Waals surface area contributed by atoms with Crippen LogP contribution in [0.25, 0.3) is 0 Å². The van der Waals surface area contributed by atoms with Crippen LogP contribution in [-0.4, -0.2) is 86.0 Å². The first-order chi connectivity index (χ1) is 13.4. The van der Waals surface area contributed by atoms with Crippen molar-refractivity contribution >= 4 is 29.9 Å². The fourth-order valence-electron chi connectivity index (χ4n) is 3.44. The molecule has 1 N–H and O–H groups in total. The number of halogens is 4. The number of morpholine rings is 1. The van der Waals surface area contributed by atoms with Gasteiger partial charge in [-0.25, -0.2) is 4.98 Å². The zero-order valence-corrected chi connectivity index (χ0v) is 18.7. The molecular formula is C18H27F3IN5O2. The number of aromatic nitrogens is 1. The molecule has 3 rings (SSSR count). The summed E-state index contributed by atoms with van der Waals surface area (Å²) in [6, 6.07) is 3.64. The molecule has 1 aromatic heterocycles. The molecule has 1 aromatic rings. The standard InChI is InChI=1S/C18H26F3N5O2.HI/c1-22-17(26-5-4-15(12-26)25-6-8-27-9-7-25)24-11-14-2-3-16(23-10-14)28-13-18(19,20)21;/h2-3,10,15H,4-9,11-13H2,1H3,(H,22,24);1H. The quantitative estimate of drug-likeness (QED) is 0.359. The van der Waals surface area contributed by atoms with E-state index in [1.54, 1.807) is 13.1 Å². The molecular weight excluding hydrogens is 502 g/mol. The Labute approximate surface area is 185 Å². The zero-order chi connectivity index (χ0) is 20.0. The monoisotopic (exact) mass is 529 g/mol. The lowest BCUT2D eigenvalue weighted by atomic mass is 10.2. The van der Waals surface area contributed by atoms with Gasteiger partial charge in [0.05, 0.1) is 13.2 Å². The van der Waals surface area contributed by atoms with Gasteiger partial charge in [0.1, 0.15) is 0 Å². The zero-order valence-electron chi connectivity index (χ0n) is 16.3. The minimum absolute atomic E-state index is 0. The Hall–Kier alpha value is -1.34. The van der Waals surface area contributed by atoms with E-state index in [0.717, 1.165) is 57.3 Å². The number of likely N-dealkylation sites (tertiary alicyclic amines) is 1. The van der Waals surface area contributed by atoms with Crippen molar-refractivity contribution in [1.82, 2.24) is 20.1 Å². The Balaban J connectivity index is 0.00000300. The van der Waals surface area contributed by atoms with Gasteiger partial charge in [-0.05, 0) is 12.0 Å². The van der Waals surface area contributed by atoms with E-state index in [9.17, 15) is 13.2 Å². The van der Waals surface area contributed by atoms with E-state index < -0.39 is 12.8 Å². The van der Waals surface area contributed by atoms with E-state index >= 15 is 0 Å². The van der Waals surface area contributed by atoms with Gasteiger partial charge in [0, 0.05) is 58.1 Å². The third-order valence-electron chi connectivity index (χ3n) is 4.87. The second-order valence-corrected chi connectivity index (χ2v) is 6.85. The van der Waals surface area contributed by atoms with Crippen molar-refractivity contribution in [2.24, 2.45) is 4.99 Å². The maximum absolute atomic E-state index is 12.2. The summed E-state index contributed by atoms with van der Waals surface area (Å²) < 4.78 is 46.6. The van der Waals surface area contributed by atoms with E-state index in [2.05, 4.69) is 29.8 Å². The van der Waals surface area contributed by atoms with Gasteiger partial charge in [0.15, 0.2) is 12.6 Å². The van der Waals surface area contributed by atoms with E-state index in [4.69, 9.17) is 4.74 Å². The second kappa shape index (κ2) is 11.2. The van der Waals surface area contributed by atoms with E-state index in [1.165, 1.54) is 12.3 Å². The highest BCUT2D eigenvalue weighted by Crippen LogP contribution is 2.18. The Kier molecular flexibility index (Phi) is 9.21. The fraction of sp³-hybridized carbons (Fsp3) is 0.667. The van der Waals surface area contributed by atoms with Crippen LogP contribution in [0.2, 0.25) is 0 Å². The smallest absolute Gasteiger partial charge is 0.422 e. The van der Waals surface area contributed by atoms with Gasteiger partial charge in [-0.1, -0.05) is 6.07 Å². The van der Waals surface area contributed by atoms with Crippen molar-refractivity contribution < 1.29 is 22.6 Å². The summed E-state index contributed by atoms with van der Waals surface area (Å²) in [7, 11) is 1.75. The van der Waals surface area contributed by atoms with Gasteiger partial charge in [-0.2, -0.15) is 13.2 Å². The van der Waals surface area contributed by atoms with Gasteiger partial charge < -0.3 is 19.7 Å². The highest BCUT2D eigenvalue weighted by molar-refractivity contribution is 14.0. The number of hydrogen-bond acceptors (Lipinski definition) is 5. The number of alkyl halides is 3. The van der Waals surface area contributed by atoms with Crippen LogP contribution in [0.15, 0.2) is 23.3 Å². The van der Waals surface area contributed by atoms with Crippen LogP contribution in [-0.2, 0) is 11.3 Å². The molecule has 1 atom stereocenters. The number of guanidine groups is 1. The molecule has 0 spiro atoms. The number of hydrogen-bond donors (Lipinski definition) is 1. The van der Waals surface area contributed by atoms with Crippen LogP contribution >= 0.6 is 24.0 Å². The first kappa shape index (κ1) is 23.9. The number of aliphatic imine (C=N–C) groups is 1. The minimum Gasteiger partial charge on any atom is -0.468 e. The summed E-state index contributed by atoms with van der Waals surface area (Å²) in [6.45, 7) is 4.52. The fourth-order valence-corrected chi connectivity index (χ4v) is 3.44. The highest BCUT2D eigenvalue weighted by atomic mass is 127. The summed E-state index contributed by atoms with van der Waals surface area (Å²) in [5.74, 6) is 0.770. The number of ether oxygens (including phenoxy) is 2. The average Bonchev–Trinajstić information content (AvgIpc) is 3.18. The molecule has 2 fully saturated rings. The summed E-state index contributed by atoms with van der Waals surface area (Å²) >= 11 is 0. The molecule has 2 aliphatic rings. The Morgan fingerprint density at radius 1 is 1.31 bits per heavy atom. The summed E-state index contributed by atoms with van der Waals surface area (Å²) in [5, 5.41) is 3.30. The lowest BCUT2D eigenvalue weighted by Crippen LogP contribution is -2.46. The van der Waals surface area contributed by atoms with Crippen LogP contribution in [0.1, 0.15) is 12.0 Å². The first-order valence-electron chi connectivity index (χ1n) is 9.36. The van der Waals surface area contributed by atoms with Gasteiger partial charge in [-0.15, -0.1) is 24.0 Å². The molecule has 11 heteroatoms. The SMILES string of the molecule is CN=C(NCc1ccc(OCC(F)(F)F)nc1)N1CCC(N2CCOCC2)C1.I. The topological polar surface area (TPSA) is 62.2 Å². The summed E-state index contributed by atoms with van der Waals surface area (Å²) in [4.78, 5) is 13.0. The molecule has 0 amide bonds. The molecule has 3 heterocycles. The average molecular weight is 529 g/mol. The molecule has 2 aliphatic heterocycles. The second-order valence-electron chi connectivity index (χ2n) is 6.85. The molecule has 2 saturated heterocycles. The molecule has 0 bridgehead atoms. The molecule has 29 heavy (non-hydrogen) atoms. The summed E-state index contributed by atoms with van der Waals surface area (Å²) in [6.07, 6.45) is -1.77. The Bertz CT molecular complexity index is 654. The van der Waals surface area contributed by atoms with Crippen LogP contribution in [0.5, 0.6) is 5.88 Å². The van der Waals surface area contributed by atoms with Gasteiger partial charge >= 0.3 is 6.18 Å². The van der Waals surface area contributed by atoms with Crippen LogP contribution < -0.4 is 10.1 Å². The largest absolute Gasteiger partial charge is 0.468 e. The van der Waals surface area contributed by atoms with Crippen LogP contribution in [0.3, 0.4) is 0 Å². The Morgan fingerprint density at radius 2 is 2.07 bits per heavy atom. The van der Waals surface area contributed by atoms with Gasteiger partial charge in [0.2, 0.25) is 5.88 Å². The third kappa shape index (κ3) is 7.45. The molecule has 1 unspecified atom stereocenters.